The van der Waals surface area contributed by atoms with E-state index in [1.165, 1.54) is 12.1 Å². The van der Waals surface area contributed by atoms with Crippen molar-refractivity contribution in [2.75, 3.05) is 0 Å². The number of hydrogen-bond donors (Lipinski definition) is 0. The number of aldehydes is 1. The van der Waals surface area contributed by atoms with Crippen LogP contribution in [0.15, 0.2) is 36.4 Å². The molecular formula is C15H13FO. The van der Waals surface area contributed by atoms with Crippen molar-refractivity contribution in [3.8, 4) is 11.1 Å². The number of carbonyl (C=O) groups excluding carboxylic acids is 1. The fourth-order valence-electron chi connectivity index (χ4n) is 1.89. The molecule has 0 heterocycles. The molecule has 0 radical (unpaired) electrons. The summed E-state index contributed by atoms with van der Waals surface area (Å²) < 4.78 is 13.3. The number of hydrogen-bond acceptors (Lipinski definition) is 1. The van der Waals surface area contributed by atoms with Crippen LogP contribution in [0.3, 0.4) is 0 Å². The molecule has 0 aliphatic rings. The van der Waals surface area contributed by atoms with Crippen LogP contribution in [0.2, 0.25) is 0 Å². The minimum Gasteiger partial charge on any atom is -0.298 e. The first-order valence-electron chi connectivity index (χ1n) is 5.44. The number of rotatable bonds is 2. The second-order valence-corrected chi connectivity index (χ2v) is 4.17. The van der Waals surface area contributed by atoms with Crippen molar-refractivity contribution in [1.29, 1.82) is 0 Å². The molecule has 0 aromatic heterocycles. The molecule has 1 nitrogen and oxygen atoms in total. The molecular weight excluding hydrogens is 215 g/mol. The minimum absolute atomic E-state index is 0.288. The Hall–Kier alpha value is -1.96. The molecule has 0 unspecified atom stereocenters. The fraction of sp³-hybridized carbons (Fsp3) is 0.133. The second kappa shape index (κ2) is 4.50. The van der Waals surface area contributed by atoms with Crippen molar-refractivity contribution < 1.29 is 9.18 Å². The Kier molecular flexibility index (Phi) is 3.05. The molecule has 2 aromatic rings. The Morgan fingerprint density at radius 1 is 1.00 bits per heavy atom. The Morgan fingerprint density at radius 3 is 2.47 bits per heavy atom. The van der Waals surface area contributed by atoms with E-state index >= 15 is 0 Å². The molecule has 86 valence electrons. The molecule has 0 spiro atoms. The zero-order chi connectivity index (χ0) is 12.4. The molecule has 17 heavy (non-hydrogen) atoms. The first-order chi connectivity index (χ1) is 8.11. The van der Waals surface area contributed by atoms with Crippen molar-refractivity contribution in [3.05, 3.63) is 58.9 Å². The van der Waals surface area contributed by atoms with Gasteiger partial charge in [0.15, 0.2) is 6.29 Å². The second-order valence-electron chi connectivity index (χ2n) is 4.17. The van der Waals surface area contributed by atoms with Crippen LogP contribution in [-0.4, -0.2) is 6.29 Å². The highest BCUT2D eigenvalue weighted by molar-refractivity contribution is 5.88. The maximum Gasteiger partial charge on any atom is 0.150 e. The fourth-order valence-corrected chi connectivity index (χ4v) is 1.89. The van der Waals surface area contributed by atoms with Crippen LogP contribution in [-0.2, 0) is 0 Å². The van der Waals surface area contributed by atoms with Gasteiger partial charge in [-0.15, -0.1) is 0 Å². The number of halogens is 1. The summed E-state index contributed by atoms with van der Waals surface area (Å²) >= 11 is 0. The van der Waals surface area contributed by atoms with Gasteiger partial charge in [-0.3, -0.25) is 4.79 Å². The Balaban J connectivity index is 2.70. The monoisotopic (exact) mass is 228 g/mol. The summed E-state index contributed by atoms with van der Waals surface area (Å²) in [7, 11) is 0. The van der Waals surface area contributed by atoms with Crippen molar-refractivity contribution in [2.45, 2.75) is 13.8 Å². The van der Waals surface area contributed by atoms with Crippen molar-refractivity contribution in [1.82, 2.24) is 0 Å². The van der Waals surface area contributed by atoms with Crippen molar-refractivity contribution in [2.24, 2.45) is 0 Å². The molecule has 0 bridgehead atoms. The van der Waals surface area contributed by atoms with E-state index in [0.29, 0.717) is 5.56 Å². The van der Waals surface area contributed by atoms with E-state index in [1.54, 1.807) is 12.1 Å². The van der Waals surface area contributed by atoms with Crippen LogP contribution in [0.25, 0.3) is 11.1 Å². The standard InChI is InChI=1S/C15H13FO/c1-10-3-5-12(9-17)15(7-10)14-8-13(16)6-4-11(14)2/h3-9H,1-2H3. The quantitative estimate of drug-likeness (QED) is 0.712. The average molecular weight is 228 g/mol. The van der Waals surface area contributed by atoms with Gasteiger partial charge in [0.05, 0.1) is 0 Å². The smallest absolute Gasteiger partial charge is 0.150 e. The van der Waals surface area contributed by atoms with Gasteiger partial charge in [-0.1, -0.05) is 29.8 Å². The van der Waals surface area contributed by atoms with Gasteiger partial charge in [0.25, 0.3) is 0 Å². The van der Waals surface area contributed by atoms with Gasteiger partial charge in [-0.05, 0) is 42.7 Å². The highest BCUT2D eigenvalue weighted by Gasteiger charge is 2.08. The van der Waals surface area contributed by atoms with E-state index < -0.39 is 0 Å². The molecule has 0 saturated heterocycles. The summed E-state index contributed by atoms with van der Waals surface area (Å²) in [5, 5.41) is 0. The first kappa shape index (κ1) is 11.5. The average Bonchev–Trinajstić information content (AvgIpc) is 2.32. The zero-order valence-electron chi connectivity index (χ0n) is 9.83. The third-order valence-corrected chi connectivity index (χ3v) is 2.83. The lowest BCUT2D eigenvalue weighted by molar-refractivity contribution is 0.112. The number of carbonyl (C=O) groups is 1. The molecule has 0 N–H and O–H groups in total. The maximum atomic E-state index is 13.3. The van der Waals surface area contributed by atoms with Crippen LogP contribution in [0, 0.1) is 19.7 Å². The van der Waals surface area contributed by atoms with Gasteiger partial charge < -0.3 is 0 Å². The Bertz CT molecular complexity index is 573. The summed E-state index contributed by atoms with van der Waals surface area (Å²) in [5.74, 6) is -0.288. The van der Waals surface area contributed by atoms with E-state index in [4.69, 9.17) is 0 Å². The highest BCUT2D eigenvalue weighted by atomic mass is 19.1. The Morgan fingerprint density at radius 2 is 1.76 bits per heavy atom. The number of aryl methyl sites for hydroxylation is 2. The largest absolute Gasteiger partial charge is 0.298 e. The van der Waals surface area contributed by atoms with Crippen molar-refractivity contribution >= 4 is 6.29 Å². The molecule has 2 rings (SSSR count). The summed E-state index contributed by atoms with van der Waals surface area (Å²) in [6.45, 7) is 3.86. The predicted molar refractivity (Wildman–Crippen MR) is 66.7 cm³/mol. The minimum atomic E-state index is -0.288. The van der Waals surface area contributed by atoms with Crippen LogP contribution in [0.4, 0.5) is 4.39 Å². The summed E-state index contributed by atoms with van der Waals surface area (Å²) in [6.07, 6.45) is 0.805. The normalized spacial score (nSPS) is 10.3. The van der Waals surface area contributed by atoms with E-state index in [9.17, 15) is 9.18 Å². The highest BCUT2D eigenvalue weighted by Crippen LogP contribution is 2.27. The molecule has 2 aromatic carbocycles. The van der Waals surface area contributed by atoms with Gasteiger partial charge >= 0.3 is 0 Å². The summed E-state index contributed by atoms with van der Waals surface area (Å²) in [5.41, 5.74) is 4.16. The molecule has 0 amide bonds. The molecule has 0 aliphatic heterocycles. The Labute approximate surface area is 99.9 Å². The van der Waals surface area contributed by atoms with E-state index in [-0.39, 0.29) is 5.82 Å². The predicted octanol–water partition coefficient (Wildman–Crippen LogP) is 3.92. The lowest BCUT2D eigenvalue weighted by atomic mass is 9.95. The molecule has 0 aliphatic carbocycles. The molecule has 2 heteroatoms. The SMILES string of the molecule is Cc1ccc(C=O)c(-c2cc(F)ccc2C)c1. The number of benzene rings is 2. The van der Waals surface area contributed by atoms with Crippen LogP contribution in [0.1, 0.15) is 21.5 Å². The lowest BCUT2D eigenvalue weighted by Gasteiger charge is -2.09. The molecule has 0 fully saturated rings. The zero-order valence-corrected chi connectivity index (χ0v) is 9.83. The van der Waals surface area contributed by atoms with E-state index in [2.05, 4.69) is 0 Å². The van der Waals surface area contributed by atoms with Crippen LogP contribution < -0.4 is 0 Å². The van der Waals surface area contributed by atoms with Crippen LogP contribution >= 0.6 is 0 Å². The first-order valence-corrected chi connectivity index (χ1v) is 5.44. The van der Waals surface area contributed by atoms with Crippen LogP contribution in [0.5, 0.6) is 0 Å². The molecule has 0 saturated carbocycles. The maximum absolute atomic E-state index is 13.3. The van der Waals surface area contributed by atoms with Gasteiger partial charge in [0.1, 0.15) is 5.82 Å². The van der Waals surface area contributed by atoms with Crippen molar-refractivity contribution in [3.63, 3.8) is 0 Å². The third-order valence-electron chi connectivity index (χ3n) is 2.83. The van der Waals surface area contributed by atoms with E-state index in [0.717, 1.165) is 28.5 Å². The molecule has 0 atom stereocenters. The summed E-state index contributed by atoms with van der Waals surface area (Å²) in [6, 6.07) is 10.2. The van der Waals surface area contributed by atoms with Gasteiger partial charge in [-0.2, -0.15) is 0 Å². The third kappa shape index (κ3) is 2.26. The van der Waals surface area contributed by atoms with Gasteiger partial charge in [0, 0.05) is 5.56 Å². The van der Waals surface area contributed by atoms with E-state index in [1.807, 2.05) is 26.0 Å². The summed E-state index contributed by atoms with van der Waals surface area (Å²) in [4.78, 5) is 11.0. The van der Waals surface area contributed by atoms with Gasteiger partial charge in [0.2, 0.25) is 0 Å². The topological polar surface area (TPSA) is 17.1 Å². The van der Waals surface area contributed by atoms with Gasteiger partial charge in [-0.25, -0.2) is 4.39 Å². The lowest BCUT2D eigenvalue weighted by Crippen LogP contribution is -1.92.